The van der Waals surface area contributed by atoms with Gasteiger partial charge in [0.2, 0.25) is 5.91 Å². The topological polar surface area (TPSA) is 47.6 Å². The van der Waals surface area contributed by atoms with Crippen LogP contribution in [0.4, 0.5) is 27.6 Å². The Morgan fingerprint density at radius 3 is 2.36 bits per heavy atom. The summed E-state index contributed by atoms with van der Waals surface area (Å²) in [5.41, 5.74) is 0.145. The Bertz CT molecular complexity index is 852. The van der Waals surface area contributed by atoms with E-state index in [0.29, 0.717) is 12.0 Å². The molecule has 9 heteroatoms. The summed E-state index contributed by atoms with van der Waals surface area (Å²) in [5, 5.41) is 2.60. The van der Waals surface area contributed by atoms with Gasteiger partial charge in [-0.25, -0.2) is 0 Å². The van der Waals surface area contributed by atoms with Crippen molar-refractivity contribution in [1.82, 2.24) is 0 Å². The van der Waals surface area contributed by atoms with Gasteiger partial charge in [-0.1, -0.05) is 12.1 Å². The fourth-order valence-corrected chi connectivity index (χ4v) is 2.95. The molecule has 1 aliphatic carbocycles. The summed E-state index contributed by atoms with van der Waals surface area (Å²) in [6, 6.07) is 8.78. The molecule has 3 rings (SSSR count). The van der Waals surface area contributed by atoms with E-state index in [9.17, 15) is 26.7 Å². The lowest BCUT2D eigenvalue weighted by Crippen LogP contribution is -2.15. The monoisotopic (exact) mass is 401 g/mol. The molecule has 0 bridgehead atoms. The summed E-state index contributed by atoms with van der Waals surface area (Å²) in [4.78, 5) is 12.4. The van der Waals surface area contributed by atoms with E-state index >= 15 is 0 Å². The smallest absolute Gasteiger partial charge is 0.416 e. The average molecular weight is 401 g/mol. The molecule has 1 N–H and O–H groups in total. The number of nitrogens with one attached hydrogen (secondary N) is 1. The van der Waals surface area contributed by atoms with Gasteiger partial charge in [0, 0.05) is 17.7 Å². The number of anilines is 1. The van der Waals surface area contributed by atoms with Crippen LogP contribution in [0.25, 0.3) is 0 Å². The molecule has 0 saturated heterocycles. The first-order valence-electron chi connectivity index (χ1n) is 8.30. The Morgan fingerprint density at radius 1 is 1.11 bits per heavy atom. The molecule has 0 aliphatic heterocycles. The van der Waals surface area contributed by atoms with E-state index in [1.54, 1.807) is 0 Å². The maximum Gasteiger partial charge on any atom is 0.416 e. The van der Waals surface area contributed by atoms with Crippen LogP contribution in [-0.4, -0.2) is 19.6 Å². The Balaban J connectivity index is 1.65. The van der Waals surface area contributed by atoms with Crippen LogP contribution in [0.5, 0.6) is 11.5 Å². The first-order chi connectivity index (χ1) is 13.2. The molecular formula is C19H16F5NO3. The van der Waals surface area contributed by atoms with Gasteiger partial charge in [-0.2, -0.15) is 22.0 Å². The van der Waals surface area contributed by atoms with Crippen molar-refractivity contribution in [3.05, 3.63) is 53.6 Å². The minimum absolute atomic E-state index is 0.0901. The molecule has 28 heavy (non-hydrogen) atoms. The number of ether oxygens (including phenoxy) is 2. The minimum Gasteiger partial charge on any atom is -0.493 e. The lowest BCUT2D eigenvalue weighted by atomic mass is 10.1. The molecule has 0 heterocycles. The summed E-state index contributed by atoms with van der Waals surface area (Å²) < 4.78 is 72.1. The Labute approximate surface area is 157 Å². The third kappa shape index (κ3) is 4.52. The maximum atomic E-state index is 12.6. The van der Waals surface area contributed by atoms with Crippen LogP contribution in [0.15, 0.2) is 42.5 Å². The third-order valence-corrected chi connectivity index (χ3v) is 4.44. The van der Waals surface area contributed by atoms with Crippen LogP contribution in [-0.2, 0) is 11.0 Å². The zero-order chi connectivity index (χ0) is 20.5. The second-order valence-corrected chi connectivity index (χ2v) is 6.30. The van der Waals surface area contributed by atoms with Crippen molar-refractivity contribution >= 4 is 11.6 Å². The van der Waals surface area contributed by atoms with E-state index in [1.807, 2.05) is 0 Å². The largest absolute Gasteiger partial charge is 0.493 e. The molecule has 2 unspecified atom stereocenters. The molecule has 0 spiro atoms. The lowest BCUT2D eigenvalue weighted by molar-refractivity contribution is -0.137. The van der Waals surface area contributed by atoms with E-state index in [0.717, 1.165) is 12.1 Å². The van der Waals surface area contributed by atoms with E-state index in [4.69, 9.17) is 4.74 Å². The van der Waals surface area contributed by atoms with Gasteiger partial charge in [-0.05, 0) is 42.2 Å². The predicted molar refractivity (Wildman–Crippen MR) is 90.5 cm³/mol. The van der Waals surface area contributed by atoms with Gasteiger partial charge in [-0.3, -0.25) is 4.79 Å². The quantitative estimate of drug-likeness (QED) is 0.689. The van der Waals surface area contributed by atoms with Crippen molar-refractivity contribution in [2.75, 3.05) is 12.4 Å². The van der Waals surface area contributed by atoms with E-state index in [-0.39, 0.29) is 29.0 Å². The maximum absolute atomic E-state index is 12.6. The van der Waals surface area contributed by atoms with Gasteiger partial charge in [0.25, 0.3) is 0 Å². The van der Waals surface area contributed by atoms with Crippen LogP contribution in [0.1, 0.15) is 23.5 Å². The highest BCUT2D eigenvalue weighted by Gasteiger charge is 2.44. The number of carbonyl (C=O) groups is 1. The number of alkyl halides is 5. The normalized spacial score (nSPS) is 18.7. The van der Waals surface area contributed by atoms with Crippen molar-refractivity contribution in [1.29, 1.82) is 0 Å². The molecule has 1 fully saturated rings. The fourth-order valence-electron chi connectivity index (χ4n) is 2.95. The second-order valence-electron chi connectivity index (χ2n) is 6.30. The van der Waals surface area contributed by atoms with Gasteiger partial charge in [0.15, 0.2) is 11.5 Å². The van der Waals surface area contributed by atoms with Crippen molar-refractivity contribution in [3.63, 3.8) is 0 Å². The first-order valence-corrected chi connectivity index (χ1v) is 8.30. The minimum atomic E-state index is -4.41. The number of hydrogen-bond acceptors (Lipinski definition) is 3. The molecule has 0 aromatic heterocycles. The van der Waals surface area contributed by atoms with Crippen molar-refractivity contribution in [2.45, 2.75) is 25.1 Å². The molecule has 2 aromatic rings. The summed E-state index contributed by atoms with van der Waals surface area (Å²) in [6.45, 7) is -3.05. The Morgan fingerprint density at radius 2 is 1.79 bits per heavy atom. The molecule has 4 nitrogen and oxygen atoms in total. The zero-order valence-corrected chi connectivity index (χ0v) is 14.6. The number of carbonyl (C=O) groups excluding carboxylic acids is 1. The Hall–Kier alpha value is -2.84. The molecule has 2 aromatic carbocycles. The molecule has 1 amide bonds. The van der Waals surface area contributed by atoms with Gasteiger partial charge in [0.05, 0.1) is 12.7 Å². The van der Waals surface area contributed by atoms with E-state index in [1.165, 1.54) is 37.4 Å². The average Bonchev–Trinajstić information content (AvgIpc) is 3.42. The summed E-state index contributed by atoms with van der Waals surface area (Å²) in [7, 11) is 1.30. The van der Waals surface area contributed by atoms with Crippen LogP contribution in [0, 0.1) is 5.92 Å². The number of hydrogen-bond donors (Lipinski definition) is 1. The van der Waals surface area contributed by atoms with E-state index < -0.39 is 24.3 Å². The van der Waals surface area contributed by atoms with Gasteiger partial charge < -0.3 is 14.8 Å². The van der Waals surface area contributed by atoms with Gasteiger partial charge >= 0.3 is 12.8 Å². The SMILES string of the molecule is COc1ccc(NC(=O)C2CC2c2ccc(C(F)(F)F)cc2)cc1OC(F)F. The summed E-state index contributed by atoms with van der Waals surface area (Å²) in [5.74, 6) is -1.06. The van der Waals surface area contributed by atoms with E-state index in [2.05, 4.69) is 10.1 Å². The van der Waals surface area contributed by atoms with Crippen molar-refractivity contribution < 1.29 is 36.2 Å². The molecule has 0 radical (unpaired) electrons. The zero-order valence-electron chi connectivity index (χ0n) is 14.6. The highest BCUT2D eigenvalue weighted by atomic mass is 19.4. The van der Waals surface area contributed by atoms with Crippen LogP contribution >= 0.6 is 0 Å². The highest BCUT2D eigenvalue weighted by molar-refractivity contribution is 5.95. The lowest BCUT2D eigenvalue weighted by Gasteiger charge is -2.12. The number of halogens is 5. The summed E-state index contributed by atoms with van der Waals surface area (Å²) in [6.07, 6.45) is -3.92. The van der Waals surface area contributed by atoms with Crippen molar-refractivity contribution in [2.24, 2.45) is 5.92 Å². The number of methoxy groups -OCH3 is 1. The summed E-state index contributed by atoms with van der Waals surface area (Å²) >= 11 is 0. The standard InChI is InChI=1S/C19H16F5NO3/c1-27-15-7-6-12(8-16(15)28-18(20)21)25-17(26)14-9-13(14)10-2-4-11(5-3-10)19(22,23)24/h2-8,13-14,18H,9H2,1H3,(H,25,26). The molecular weight excluding hydrogens is 385 g/mol. The first kappa shape index (κ1) is 19.9. The Kier molecular flexibility index (Phi) is 5.44. The second kappa shape index (κ2) is 7.65. The van der Waals surface area contributed by atoms with Crippen LogP contribution in [0.2, 0.25) is 0 Å². The predicted octanol–water partition coefficient (Wildman–Crippen LogP) is 5.06. The highest BCUT2D eigenvalue weighted by Crippen LogP contribution is 2.48. The van der Waals surface area contributed by atoms with Gasteiger partial charge in [0.1, 0.15) is 0 Å². The molecule has 1 saturated carbocycles. The molecule has 150 valence electrons. The molecule has 2 atom stereocenters. The van der Waals surface area contributed by atoms with Crippen LogP contribution < -0.4 is 14.8 Å². The van der Waals surface area contributed by atoms with Crippen molar-refractivity contribution in [3.8, 4) is 11.5 Å². The molecule has 1 aliphatic rings. The number of rotatable bonds is 6. The fraction of sp³-hybridized carbons (Fsp3) is 0.316. The number of benzene rings is 2. The third-order valence-electron chi connectivity index (χ3n) is 4.44. The number of amides is 1. The van der Waals surface area contributed by atoms with Crippen LogP contribution in [0.3, 0.4) is 0 Å². The van der Waals surface area contributed by atoms with Gasteiger partial charge in [-0.15, -0.1) is 0 Å².